The third kappa shape index (κ3) is 2.72. The molecule has 0 amide bonds. The molecule has 0 atom stereocenters. The Kier molecular flexibility index (Phi) is 3.80. The Morgan fingerprint density at radius 3 is 2.95 bits per heavy atom. The Balaban J connectivity index is 1.98. The lowest BCUT2D eigenvalue weighted by Gasteiger charge is -2.14. The first kappa shape index (κ1) is 13.9. The van der Waals surface area contributed by atoms with E-state index < -0.39 is 0 Å². The molecule has 0 unspecified atom stereocenters. The van der Waals surface area contributed by atoms with Crippen LogP contribution in [0.25, 0.3) is 0 Å². The summed E-state index contributed by atoms with van der Waals surface area (Å²) in [5, 5.41) is 0. The van der Waals surface area contributed by atoms with Crippen LogP contribution in [0.1, 0.15) is 16.7 Å². The summed E-state index contributed by atoms with van der Waals surface area (Å²) in [6.07, 6.45) is 1.47. The zero-order valence-electron chi connectivity index (χ0n) is 12.0. The number of ether oxygens (including phenoxy) is 2. The van der Waals surface area contributed by atoms with Gasteiger partial charge >= 0.3 is 0 Å². The minimum absolute atomic E-state index is 0.236. The van der Waals surface area contributed by atoms with Crippen LogP contribution in [0.2, 0.25) is 0 Å². The number of nitrogens with two attached hydrogens (primary N) is 1. The molecular weight excluding hydrogens is 269 g/mol. The van der Waals surface area contributed by atoms with E-state index in [0.29, 0.717) is 36.6 Å². The average Bonchev–Trinajstić information content (AvgIpc) is 2.94. The highest BCUT2D eigenvalue weighted by molar-refractivity contribution is 5.51. The summed E-state index contributed by atoms with van der Waals surface area (Å²) in [6.45, 7) is 2.84. The van der Waals surface area contributed by atoms with Gasteiger partial charge in [0.1, 0.15) is 11.6 Å². The number of rotatable bonds is 4. The summed E-state index contributed by atoms with van der Waals surface area (Å²) < 4.78 is 25.3. The first-order valence-electron chi connectivity index (χ1n) is 7.10. The molecule has 21 heavy (non-hydrogen) atoms. The van der Waals surface area contributed by atoms with Crippen LogP contribution in [-0.2, 0) is 12.8 Å². The van der Waals surface area contributed by atoms with E-state index in [2.05, 4.69) is 0 Å². The fraction of sp³-hybridized carbons (Fsp3) is 0.294. The molecule has 0 bridgehead atoms. The maximum atomic E-state index is 13.7. The summed E-state index contributed by atoms with van der Waals surface area (Å²) in [7, 11) is 0. The van der Waals surface area contributed by atoms with Crippen molar-refractivity contribution in [2.24, 2.45) is 5.73 Å². The second-order valence-electron chi connectivity index (χ2n) is 5.19. The van der Waals surface area contributed by atoms with Gasteiger partial charge in [0, 0.05) is 12.0 Å². The van der Waals surface area contributed by atoms with Gasteiger partial charge in [-0.05, 0) is 49.2 Å². The Labute approximate surface area is 123 Å². The summed E-state index contributed by atoms with van der Waals surface area (Å²) in [5.74, 6) is 1.87. The van der Waals surface area contributed by atoms with Gasteiger partial charge in [-0.15, -0.1) is 0 Å². The lowest BCUT2D eigenvalue weighted by molar-refractivity contribution is 0.337. The monoisotopic (exact) mass is 287 g/mol. The quantitative estimate of drug-likeness (QED) is 0.937. The summed E-state index contributed by atoms with van der Waals surface area (Å²) in [5.41, 5.74) is 8.07. The van der Waals surface area contributed by atoms with Crippen LogP contribution in [0.4, 0.5) is 4.39 Å². The number of hydrogen-bond acceptors (Lipinski definition) is 3. The molecule has 0 radical (unpaired) electrons. The molecule has 2 N–H and O–H groups in total. The molecule has 110 valence electrons. The second-order valence-corrected chi connectivity index (χ2v) is 5.19. The van der Waals surface area contributed by atoms with Crippen LogP contribution >= 0.6 is 0 Å². The number of benzene rings is 2. The minimum Gasteiger partial charge on any atom is -0.489 e. The van der Waals surface area contributed by atoms with Gasteiger partial charge in [-0.3, -0.25) is 0 Å². The van der Waals surface area contributed by atoms with Crippen LogP contribution < -0.4 is 15.2 Å². The van der Waals surface area contributed by atoms with E-state index in [-0.39, 0.29) is 5.82 Å². The number of hydrogen-bond donors (Lipinski definition) is 1. The van der Waals surface area contributed by atoms with Crippen LogP contribution in [0, 0.1) is 12.7 Å². The Morgan fingerprint density at radius 2 is 2.14 bits per heavy atom. The molecule has 3 rings (SSSR count). The molecule has 1 aliphatic heterocycles. The maximum absolute atomic E-state index is 13.7. The van der Waals surface area contributed by atoms with Gasteiger partial charge in [0.25, 0.3) is 0 Å². The van der Waals surface area contributed by atoms with Crippen molar-refractivity contribution in [1.82, 2.24) is 0 Å². The van der Waals surface area contributed by atoms with Gasteiger partial charge in [0.2, 0.25) is 0 Å². The van der Waals surface area contributed by atoms with Crippen molar-refractivity contribution >= 4 is 0 Å². The van der Waals surface area contributed by atoms with Gasteiger partial charge in [0.05, 0.1) is 6.61 Å². The van der Waals surface area contributed by atoms with E-state index in [1.165, 1.54) is 6.07 Å². The van der Waals surface area contributed by atoms with Crippen molar-refractivity contribution in [3.05, 3.63) is 52.8 Å². The van der Waals surface area contributed by atoms with Crippen molar-refractivity contribution in [2.75, 3.05) is 13.2 Å². The fourth-order valence-corrected chi connectivity index (χ4v) is 2.53. The van der Waals surface area contributed by atoms with Gasteiger partial charge in [0.15, 0.2) is 11.5 Å². The fourth-order valence-electron chi connectivity index (χ4n) is 2.53. The highest BCUT2D eigenvalue weighted by Crippen LogP contribution is 2.39. The maximum Gasteiger partial charge on any atom is 0.169 e. The predicted molar refractivity (Wildman–Crippen MR) is 79.6 cm³/mol. The van der Waals surface area contributed by atoms with Gasteiger partial charge in [-0.1, -0.05) is 12.1 Å². The molecule has 2 aromatic carbocycles. The van der Waals surface area contributed by atoms with Gasteiger partial charge in [-0.2, -0.15) is 0 Å². The van der Waals surface area contributed by atoms with Crippen molar-refractivity contribution in [3.63, 3.8) is 0 Å². The molecule has 4 heteroatoms. The standard InChI is InChI=1S/C17H18FNO2/c1-11-9-16(13(5-7-19)10-14(11)18)21-15-4-2-3-12-6-8-20-17(12)15/h2-4,9-10H,5-8,19H2,1H3. The topological polar surface area (TPSA) is 44.5 Å². The first-order chi connectivity index (χ1) is 10.2. The number of aryl methyl sites for hydroxylation is 1. The Morgan fingerprint density at radius 1 is 1.29 bits per heavy atom. The van der Waals surface area contributed by atoms with E-state index in [4.69, 9.17) is 15.2 Å². The third-order valence-electron chi connectivity index (χ3n) is 3.65. The summed E-state index contributed by atoms with van der Waals surface area (Å²) >= 11 is 0. The molecule has 0 aromatic heterocycles. The first-order valence-corrected chi connectivity index (χ1v) is 7.10. The van der Waals surface area contributed by atoms with Gasteiger partial charge in [-0.25, -0.2) is 4.39 Å². The van der Waals surface area contributed by atoms with Crippen molar-refractivity contribution < 1.29 is 13.9 Å². The lowest BCUT2D eigenvalue weighted by atomic mass is 10.1. The lowest BCUT2D eigenvalue weighted by Crippen LogP contribution is -2.05. The van der Waals surface area contributed by atoms with Crippen LogP contribution in [0.5, 0.6) is 17.2 Å². The predicted octanol–water partition coefficient (Wildman–Crippen LogP) is 3.36. The van der Waals surface area contributed by atoms with Crippen molar-refractivity contribution in [1.29, 1.82) is 0 Å². The zero-order valence-corrected chi connectivity index (χ0v) is 12.0. The second kappa shape index (κ2) is 5.74. The molecule has 2 aromatic rings. The molecule has 0 saturated carbocycles. The summed E-state index contributed by atoms with van der Waals surface area (Å²) in [6, 6.07) is 9.07. The normalized spacial score (nSPS) is 12.9. The van der Waals surface area contributed by atoms with E-state index in [1.54, 1.807) is 13.0 Å². The van der Waals surface area contributed by atoms with Gasteiger partial charge < -0.3 is 15.2 Å². The highest BCUT2D eigenvalue weighted by Gasteiger charge is 2.18. The SMILES string of the molecule is Cc1cc(Oc2cccc3c2OCC3)c(CCN)cc1F. The number of para-hydroxylation sites is 1. The molecule has 0 spiro atoms. The van der Waals surface area contributed by atoms with Crippen molar-refractivity contribution in [3.8, 4) is 17.2 Å². The van der Waals surface area contributed by atoms with E-state index in [9.17, 15) is 4.39 Å². The molecule has 0 aliphatic carbocycles. The van der Waals surface area contributed by atoms with E-state index >= 15 is 0 Å². The largest absolute Gasteiger partial charge is 0.489 e. The molecule has 3 nitrogen and oxygen atoms in total. The van der Waals surface area contributed by atoms with Crippen LogP contribution in [-0.4, -0.2) is 13.2 Å². The minimum atomic E-state index is -0.236. The smallest absolute Gasteiger partial charge is 0.169 e. The molecular formula is C17H18FNO2. The highest BCUT2D eigenvalue weighted by atomic mass is 19.1. The number of halogens is 1. The van der Waals surface area contributed by atoms with E-state index in [0.717, 1.165) is 23.3 Å². The zero-order chi connectivity index (χ0) is 14.8. The number of fused-ring (bicyclic) bond motifs is 1. The van der Waals surface area contributed by atoms with Crippen LogP contribution in [0.15, 0.2) is 30.3 Å². The molecule has 1 heterocycles. The third-order valence-corrected chi connectivity index (χ3v) is 3.65. The Hall–Kier alpha value is -2.07. The molecule has 0 fully saturated rings. The average molecular weight is 287 g/mol. The molecule has 1 aliphatic rings. The van der Waals surface area contributed by atoms with Crippen molar-refractivity contribution in [2.45, 2.75) is 19.8 Å². The summed E-state index contributed by atoms with van der Waals surface area (Å²) in [4.78, 5) is 0. The van der Waals surface area contributed by atoms with E-state index in [1.807, 2.05) is 18.2 Å². The van der Waals surface area contributed by atoms with Crippen LogP contribution in [0.3, 0.4) is 0 Å². The Bertz CT molecular complexity index is 670. The molecule has 0 saturated heterocycles.